The average molecular weight is 324 g/mol. The van der Waals surface area contributed by atoms with Crippen LogP contribution in [0, 0.1) is 6.92 Å². The van der Waals surface area contributed by atoms with Gasteiger partial charge in [-0.15, -0.1) is 0 Å². The number of carbonyl (C=O) groups is 1. The van der Waals surface area contributed by atoms with Crippen molar-refractivity contribution < 1.29 is 9.90 Å². The van der Waals surface area contributed by atoms with Crippen LogP contribution in [0.3, 0.4) is 0 Å². The van der Waals surface area contributed by atoms with Crippen LogP contribution in [0.5, 0.6) is 0 Å². The first kappa shape index (κ1) is 13.8. The number of nitrogens with zero attached hydrogens (tertiary/aromatic N) is 1. The number of hydrogen-bond donors (Lipinski definition) is 1. The van der Waals surface area contributed by atoms with Gasteiger partial charge in [-0.05, 0) is 31.5 Å². The zero-order valence-corrected chi connectivity index (χ0v) is 12.3. The van der Waals surface area contributed by atoms with Crippen LogP contribution in [-0.4, -0.2) is 15.6 Å². The number of carboxylic acid groups (broad SMARTS) is 1. The quantitative estimate of drug-likeness (QED) is 0.944. The number of aliphatic carboxylic acids is 1. The zero-order chi connectivity index (χ0) is 14.2. The summed E-state index contributed by atoms with van der Waals surface area (Å²) < 4.78 is 2.84. The summed E-state index contributed by atoms with van der Waals surface area (Å²) in [5.74, 6) is -0.891. The zero-order valence-electron chi connectivity index (χ0n) is 10.7. The van der Waals surface area contributed by atoms with E-state index >= 15 is 0 Å². The maximum absolute atomic E-state index is 12.4. The molecule has 0 aliphatic carbocycles. The summed E-state index contributed by atoms with van der Waals surface area (Å²) in [4.78, 5) is 23.1. The predicted molar refractivity (Wildman–Crippen MR) is 77.6 cm³/mol. The molecule has 5 heteroatoms. The summed E-state index contributed by atoms with van der Waals surface area (Å²) >= 11 is 3.39. The van der Waals surface area contributed by atoms with Crippen molar-refractivity contribution in [3.05, 3.63) is 44.2 Å². The molecule has 0 amide bonds. The fraction of sp³-hybridized carbons (Fsp3) is 0.286. The highest BCUT2D eigenvalue weighted by Crippen LogP contribution is 2.20. The van der Waals surface area contributed by atoms with Gasteiger partial charge in [0, 0.05) is 34.6 Å². The first-order chi connectivity index (χ1) is 8.91. The van der Waals surface area contributed by atoms with E-state index in [-0.39, 0.29) is 18.3 Å². The van der Waals surface area contributed by atoms with Gasteiger partial charge in [-0.25, -0.2) is 0 Å². The Hall–Kier alpha value is -1.62. The lowest BCUT2D eigenvalue weighted by atomic mass is 10.0. The number of halogens is 1. The summed E-state index contributed by atoms with van der Waals surface area (Å²) in [5, 5.41) is 9.38. The van der Waals surface area contributed by atoms with E-state index in [1.54, 1.807) is 6.07 Å². The summed E-state index contributed by atoms with van der Waals surface area (Å²) in [6.07, 6.45) is 0.234. The number of aromatic nitrogens is 1. The lowest BCUT2D eigenvalue weighted by molar-refractivity contribution is -0.136. The third-order valence-corrected chi connectivity index (χ3v) is 3.86. The van der Waals surface area contributed by atoms with Crippen molar-refractivity contribution in [2.24, 2.45) is 7.05 Å². The van der Waals surface area contributed by atoms with Gasteiger partial charge in [0.05, 0.1) is 5.52 Å². The molecule has 2 rings (SSSR count). The van der Waals surface area contributed by atoms with Crippen LogP contribution in [0.2, 0.25) is 0 Å². The maximum atomic E-state index is 12.4. The molecule has 0 saturated heterocycles. The molecule has 0 atom stereocenters. The predicted octanol–water partition coefficient (Wildman–Crippen LogP) is 2.63. The SMILES string of the molecule is Cc1c(CCC(=O)O)c(=O)c2ccc(Br)cc2n1C. The highest BCUT2D eigenvalue weighted by atomic mass is 79.9. The van der Waals surface area contributed by atoms with Crippen molar-refractivity contribution in [2.45, 2.75) is 19.8 Å². The second-order valence-corrected chi connectivity index (χ2v) is 5.42. The number of hydrogen-bond acceptors (Lipinski definition) is 2. The summed E-state index contributed by atoms with van der Waals surface area (Å²) in [6.45, 7) is 1.85. The second kappa shape index (κ2) is 5.17. The highest BCUT2D eigenvalue weighted by Gasteiger charge is 2.13. The van der Waals surface area contributed by atoms with E-state index < -0.39 is 5.97 Å². The molecule has 0 unspecified atom stereocenters. The Morgan fingerprint density at radius 1 is 1.42 bits per heavy atom. The number of carboxylic acids is 1. The van der Waals surface area contributed by atoms with Crippen molar-refractivity contribution in [2.75, 3.05) is 0 Å². The van der Waals surface area contributed by atoms with Gasteiger partial charge in [0.2, 0.25) is 0 Å². The molecule has 0 aliphatic heterocycles. The molecule has 0 spiro atoms. The van der Waals surface area contributed by atoms with E-state index in [0.29, 0.717) is 10.9 Å². The Kier molecular flexibility index (Phi) is 3.75. The molecule has 0 fully saturated rings. The van der Waals surface area contributed by atoms with E-state index in [1.807, 2.05) is 30.7 Å². The maximum Gasteiger partial charge on any atom is 0.303 e. The molecular formula is C14H14BrNO3. The van der Waals surface area contributed by atoms with Gasteiger partial charge >= 0.3 is 5.97 Å². The Morgan fingerprint density at radius 2 is 2.11 bits per heavy atom. The van der Waals surface area contributed by atoms with Gasteiger partial charge < -0.3 is 9.67 Å². The Morgan fingerprint density at radius 3 is 2.74 bits per heavy atom. The fourth-order valence-corrected chi connectivity index (χ4v) is 2.56. The lowest BCUT2D eigenvalue weighted by Crippen LogP contribution is -2.18. The van der Waals surface area contributed by atoms with Gasteiger partial charge in [-0.2, -0.15) is 0 Å². The molecule has 0 saturated carbocycles. The van der Waals surface area contributed by atoms with E-state index in [2.05, 4.69) is 15.9 Å². The molecule has 0 aliphatic rings. The molecule has 1 aromatic carbocycles. The Labute approximate surface area is 118 Å². The monoisotopic (exact) mass is 323 g/mol. The van der Waals surface area contributed by atoms with Crippen LogP contribution >= 0.6 is 15.9 Å². The minimum Gasteiger partial charge on any atom is -0.481 e. The molecule has 1 heterocycles. The number of fused-ring (bicyclic) bond motifs is 1. The minimum atomic E-state index is -0.891. The van der Waals surface area contributed by atoms with Crippen molar-refractivity contribution in [3.8, 4) is 0 Å². The Balaban J connectivity index is 2.70. The van der Waals surface area contributed by atoms with Crippen molar-refractivity contribution in [1.29, 1.82) is 0 Å². The standard InChI is InChI=1S/C14H14BrNO3/c1-8-10(5-6-13(17)18)14(19)11-4-3-9(15)7-12(11)16(8)2/h3-4,7H,5-6H2,1-2H3,(H,17,18). The highest BCUT2D eigenvalue weighted by molar-refractivity contribution is 9.10. The van der Waals surface area contributed by atoms with E-state index in [4.69, 9.17) is 5.11 Å². The van der Waals surface area contributed by atoms with Crippen LogP contribution < -0.4 is 5.43 Å². The fourth-order valence-electron chi connectivity index (χ4n) is 2.21. The largest absolute Gasteiger partial charge is 0.481 e. The van der Waals surface area contributed by atoms with Crippen LogP contribution in [0.1, 0.15) is 17.7 Å². The first-order valence-electron chi connectivity index (χ1n) is 5.91. The van der Waals surface area contributed by atoms with Gasteiger partial charge in [0.25, 0.3) is 0 Å². The number of rotatable bonds is 3. The van der Waals surface area contributed by atoms with Gasteiger partial charge in [-0.1, -0.05) is 15.9 Å². The van der Waals surface area contributed by atoms with Crippen LogP contribution in [0.4, 0.5) is 0 Å². The number of pyridine rings is 1. The first-order valence-corrected chi connectivity index (χ1v) is 6.70. The summed E-state index contributed by atoms with van der Waals surface area (Å²) in [5.41, 5.74) is 2.17. The van der Waals surface area contributed by atoms with Crippen LogP contribution in [0.15, 0.2) is 27.5 Å². The van der Waals surface area contributed by atoms with Crippen LogP contribution in [-0.2, 0) is 18.3 Å². The van der Waals surface area contributed by atoms with Gasteiger partial charge in [-0.3, -0.25) is 9.59 Å². The summed E-state index contributed by atoms with van der Waals surface area (Å²) in [7, 11) is 1.88. The molecule has 1 aromatic heterocycles. The Bertz CT molecular complexity index is 719. The minimum absolute atomic E-state index is 0.0296. The van der Waals surface area contributed by atoms with Crippen molar-refractivity contribution >= 4 is 32.8 Å². The molecule has 0 bridgehead atoms. The number of aryl methyl sites for hydroxylation is 1. The summed E-state index contributed by atoms with van der Waals surface area (Å²) in [6, 6.07) is 5.48. The molecule has 1 N–H and O–H groups in total. The molecular weight excluding hydrogens is 310 g/mol. The molecule has 2 aromatic rings. The lowest BCUT2D eigenvalue weighted by Gasteiger charge is -2.14. The number of benzene rings is 1. The van der Waals surface area contributed by atoms with Crippen molar-refractivity contribution in [3.63, 3.8) is 0 Å². The van der Waals surface area contributed by atoms with E-state index in [9.17, 15) is 9.59 Å². The molecule has 0 radical (unpaired) electrons. The second-order valence-electron chi connectivity index (χ2n) is 4.51. The third-order valence-electron chi connectivity index (χ3n) is 3.37. The van der Waals surface area contributed by atoms with Gasteiger partial charge in [0.15, 0.2) is 5.43 Å². The normalized spacial score (nSPS) is 10.9. The van der Waals surface area contributed by atoms with E-state index in [1.165, 1.54) is 0 Å². The molecule has 100 valence electrons. The van der Waals surface area contributed by atoms with E-state index in [0.717, 1.165) is 15.7 Å². The van der Waals surface area contributed by atoms with Crippen molar-refractivity contribution in [1.82, 2.24) is 4.57 Å². The smallest absolute Gasteiger partial charge is 0.303 e. The average Bonchev–Trinajstić information content (AvgIpc) is 2.35. The topological polar surface area (TPSA) is 59.3 Å². The van der Waals surface area contributed by atoms with Crippen LogP contribution in [0.25, 0.3) is 10.9 Å². The van der Waals surface area contributed by atoms with Gasteiger partial charge in [0.1, 0.15) is 0 Å². The molecule has 19 heavy (non-hydrogen) atoms. The third kappa shape index (κ3) is 2.56. The molecule has 4 nitrogen and oxygen atoms in total.